The predicted molar refractivity (Wildman–Crippen MR) is 81.0 cm³/mol. The molecule has 110 valence electrons. The van der Waals surface area contributed by atoms with Gasteiger partial charge in [-0.1, -0.05) is 24.6 Å². The molecule has 2 rings (SSSR count). The molecule has 5 heteroatoms. The highest BCUT2D eigenvalue weighted by Gasteiger charge is 2.25. The summed E-state index contributed by atoms with van der Waals surface area (Å²) < 4.78 is 0. The van der Waals surface area contributed by atoms with Crippen LogP contribution >= 0.6 is 11.6 Å². The lowest BCUT2D eigenvalue weighted by Gasteiger charge is -2.33. The third-order valence-corrected chi connectivity index (χ3v) is 4.32. The van der Waals surface area contributed by atoms with Crippen LogP contribution in [-0.4, -0.2) is 41.7 Å². The highest BCUT2D eigenvalue weighted by atomic mass is 35.5. The van der Waals surface area contributed by atoms with Gasteiger partial charge in [0, 0.05) is 17.3 Å². The van der Waals surface area contributed by atoms with Crippen molar-refractivity contribution >= 4 is 23.2 Å². The highest BCUT2D eigenvalue weighted by molar-refractivity contribution is 6.31. The van der Waals surface area contributed by atoms with Crippen molar-refractivity contribution in [2.24, 2.45) is 5.92 Å². The van der Waals surface area contributed by atoms with E-state index in [2.05, 4.69) is 5.32 Å². The molecule has 20 heavy (non-hydrogen) atoms. The Morgan fingerprint density at radius 2 is 2.30 bits per heavy atom. The van der Waals surface area contributed by atoms with Gasteiger partial charge in [0.05, 0.1) is 12.6 Å². The number of likely N-dealkylation sites (tertiary alicyclic amines) is 1. The number of nitrogens with one attached hydrogen (secondary N) is 1. The van der Waals surface area contributed by atoms with Gasteiger partial charge in [-0.15, -0.1) is 0 Å². The maximum absolute atomic E-state index is 12.1. The molecular formula is C15H21ClN2O2. The second-order valence-corrected chi connectivity index (χ2v) is 5.94. The molecule has 0 radical (unpaired) electrons. The number of carbonyl (C=O) groups excluding carboxylic acids is 1. The fraction of sp³-hybridized carbons (Fsp3) is 0.533. The Hall–Kier alpha value is -1.10. The average Bonchev–Trinajstić information content (AvgIpc) is 2.39. The van der Waals surface area contributed by atoms with Crippen LogP contribution in [0.4, 0.5) is 5.69 Å². The molecule has 1 aliphatic rings. The number of aliphatic hydroxyl groups is 1. The second kappa shape index (κ2) is 6.57. The van der Waals surface area contributed by atoms with E-state index in [1.165, 1.54) is 0 Å². The fourth-order valence-electron chi connectivity index (χ4n) is 2.39. The number of nitrogens with zero attached hydrogens (tertiary/aromatic N) is 1. The first-order valence-corrected chi connectivity index (χ1v) is 7.30. The topological polar surface area (TPSA) is 52.6 Å². The Kier molecular flexibility index (Phi) is 5.02. The van der Waals surface area contributed by atoms with Crippen LogP contribution in [-0.2, 0) is 4.79 Å². The Morgan fingerprint density at radius 1 is 1.55 bits per heavy atom. The summed E-state index contributed by atoms with van der Waals surface area (Å²) in [7, 11) is 0. The van der Waals surface area contributed by atoms with Gasteiger partial charge in [0.15, 0.2) is 0 Å². The molecule has 1 aromatic carbocycles. The fourth-order valence-corrected chi connectivity index (χ4v) is 2.57. The number of aliphatic hydroxyl groups excluding tert-OH is 1. The van der Waals surface area contributed by atoms with Crippen LogP contribution < -0.4 is 5.32 Å². The number of β-amino-alcohol motifs (C(OH)–C–C–N with tert-alkyl or cyclic N) is 1. The maximum atomic E-state index is 12.1. The molecule has 0 bridgehead atoms. The van der Waals surface area contributed by atoms with Crippen molar-refractivity contribution in [3.8, 4) is 0 Å². The summed E-state index contributed by atoms with van der Waals surface area (Å²) in [5.41, 5.74) is 1.61. The number of anilines is 1. The normalized spacial score (nSPS) is 23.6. The molecule has 1 saturated heterocycles. The summed E-state index contributed by atoms with van der Waals surface area (Å²) in [5.74, 6) is 0.238. The van der Waals surface area contributed by atoms with Crippen molar-refractivity contribution in [3.05, 3.63) is 28.8 Å². The van der Waals surface area contributed by atoms with Crippen molar-refractivity contribution in [1.82, 2.24) is 4.90 Å². The molecule has 0 aromatic heterocycles. The minimum absolute atomic E-state index is 0.0721. The molecule has 2 N–H and O–H groups in total. The summed E-state index contributed by atoms with van der Waals surface area (Å²) in [5, 5.41) is 13.4. The van der Waals surface area contributed by atoms with E-state index in [0.29, 0.717) is 24.0 Å². The second-order valence-electron chi connectivity index (χ2n) is 5.53. The van der Waals surface area contributed by atoms with Gasteiger partial charge in [0.1, 0.15) is 0 Å². The quantitative estimate of drug-likeness (QED) is 0.900. The number of carbonyl (C=O) groups is 1. The molecule has 1 fully saturated rings. The Balaban J connectivity index is 1.91. The number of halogens is 1. The standard InChI is InChI=1S/C15H21ClN2O2/c1-10-6-7-18(8-14(10)19)9-15(20)17-13-5-3-4-12(16)11(13)2/h3-5,10,14,19H,6-9H2,1-2H3,(H,17,20). The zero-order valence-electron chi connectivity index (χ0n) is 11.9. The minimum atomic E-state index is -0.343. The first-order chi connectivity index (χ1) is 9.47. The van der Waals surface area contributed by atoms with E-state index >= 15 is 0 Å². The van der Waals surface area contributed by atoms with Gasteiger partial charge in [0.25, 0.3) is 0 Å². The van der Waals surface area contributed by atoms with Crippen LogP contribution in [0.3, 0.4) is 0 Å². The van der Waals surface area contributed by atoms with Gasteiger partial charge in [0.2, 0.25) is 5.91 Å². The van der Waals surface area contributed by atoms with Gasteiger partial charge in [-0.3, -0.25) is 9.69 Å². The zero-order chi connectivity index (χ0) is 14.7. The smallest absolute Gasteiger partial charge is 0.238 e. The Bertz CT molecular complexity index is 493. The molecular weight excluding hydrogens is 276 g/mol. The van der Waals surface area contributed by atoms with Crippen LogP contribution in [0.25, 0.3) is 0 Å². The SMILES string of the molecule is Cc1c(Cl)cccc1NC(=O)CN1CCC(C)C(O)C1. The molecule has 1 heterocycles. The highest BCUT2D eigenvalue weighted by Crippen LogP contribution is 2.23. The van der Waals surface area contributed by atoms with Crippen LogP contribution in [0.2, 0.25) is 5.02 Å². The first-order valence-electron chi connectivity index (χ1n) is 6.92. The molecule has 0 saturated carbocycles. The number of amides is 1. The summed E-state index contributed by atoms with van der Waals surface area (Å²) in [6, 6.07) is 5.46. The van der Waals surface area contributed by atoms with Gasteiger partial charge in [-0.2, -0.15) is 0 Å². The van der Waals surface area contributed by atoms with Crippen LogP contribution in [0.15, 0.2) is 18.2 Å². The predicted octanol–water partition coefficient (Wildman–Crippen LogP) is 2.29. The molecule has 0 aliphatic carbocycles. The van der Waals surface area contributed by atoms with E-state index < -0.39 is 0 Å². The molecule has 1 aromatic rings. The van der Waals surface area contributed by atoms with Crippen molar-refractivity contribution in [2.75, 3.05) is 25.0 Å². The summed E-state index contributed by atoms with van der Waals surface area (Å²) in [6.45, 7) is 5.63. The lowest BCUT2D eigenvalue weighted by molar-refractivity contribution is -0.118. The van der Waals surface area contributed by atoms with Crippen molar-refractivity contribution in [3.63, 3.8) is 0 Å². The number of hydrogen-bond acceptors (Lipinski definition) is 3. The van der Waals surface area contributed by atoms with E-state index in [4.69, 9.17) is 11.6 Å². The molecule has 4 nitrogen and oxygen atoms in total. The lowest BCUT2D eigenvalue weighted by Crippen LogP contribution is -2.45. The third kappa shape index (κ3) is 3.72. The number of piperidine rings is 1. The third-order valence-electron chi connectivity index (χ3n) is 3.91. The average molecular weight is 297 g/mol. The molecule has 1 amide bonds. The van der Waals surface area contributed by atoms with Crippen molar-refractivity contribution in [1.29, 1.82) is 0 Å². The Morgan fingerprint density at radius 3 is 3.00 bits per heavy atom. The Labute approximate surface area is 124 Å². The van der Waals surface area contributed by atoms with E-state index in [0.717, 1.165) is 24.2 Å². The van der Waals surface area contributed by atoms with Crippen LogP contribution in [0.1, 0.15) is 18.9 Å². The first kappa shape index (κ1) is 15.3. The zero-order valence-corrected chi connectivity index (χ0v) is 12.7. The van der Waals surface area contributed by atoms with Gasteiger partial charge in [-0.25, -0.2) is 0 Å². The number of benzene rings is 1. The summed E-state index contributed by atoms with van der Waals surface area (Å²) >= 11 is 6.03. The van der Waals surface area contributed by atoms with Gasteiger partial charge >= 0.3 is 0 Å². The molecule has 1 aliphatic heterocycles. The number of rotatable bonds is 3. The van der Waals surface area contributed by atoms with E-state index in [1.807, 2.05) is 30.9 Å². The molecule has 2 unspecified atom stereocenters. The van der Waals surface area contributed by atoms with Crippen LogP contribution in [0, 0.1) is 12.8 Å². The molecule has 2 atom stereocenters. The van der Waals surface area contributed by atoms with Crippen molar-refractivity contribution < 1.29 is 9.90 Å². The molecule has 0 spiro atoms. The van der Waals surface area contributed by atoms with E-state index in [9.17, 15) is 9.90 Å². The lowest BCUT2D eigenvalue weighted by atomic mass is 9.96. The van der Waals surface area contributed by atoms with Crippen LogP contribution in [0.5, 0.6) is 0 Å². The summed E-state index contributed by atoms with van der Waals surface area (Å²) in [4.78, 5) is 14.0. The monoisotopic (exact) mass is 296 g/mol. The maximum Gasteiger partial charge on any atom is 0.238 e. The van der Waals surface area contributed by atoms with E-state index in [-0.39, 0.29) is 12.0 Å². The van der Waals surface area contributed by atoms with Gasteiger partial charge < -0.3 is 10.4 Å². The largest absolute Gasteiger partial charge is 0.392 e. The number of hydrogen-bond donors (Lipinski definition) is 2. The van der Waals surface area contributed by atoms with E-state index in [1.54, 1.807) is 6.07 Å². The minimum Gasteiger partial charge on any atom is -0.392 e. The van der Waals surface area contributed by atoms with Crippen molar-refractivity contribution in [2.45, 2.75) is 26.4 Å². The summed E-state index contributed by atoms with van der Waals surface area (Å²) in [6.07, 6.45) is 0.578. The van der Waals surface area contributed by atoms with Gasteiger partial charge in [-0.05, 0) is 43.5 Å².